The van der Waals surface area contributed by atoms with E-state index in [1.807, 2.05) is 18.1 Å². The largest absolute Gasteiger partial charge is 0.433 e. The van der Waals surface area contributed by atoms with Crippen molar-refractivity contribution >= 4 is 0 Å². The van der Waals surface area contributed by atoms with E-state index in [-0.39, 0.29) is 28.6 Å². The number of benzene rings is 1. The molecular weight excluding hydrogens is 555 g/mol. The van der Waals surface area contributed by atoms with Crippen LogP contribution >= 0.6 is 0 Å². The normalized spacial score (nSPS) is 14.4. The lowest BCUT2D eigenvalue weighted by atomic mass is 9.84. The summed E-state index contributed by atoms with van der Waals surface area (Å²) in [6, 6.07) is 9.75. The second-order valence-electron chi connectivity index (χ2n) is 9.73. The highest BCUT2D eigenvalue weighted by atomic mass is 19.4. The van der Waals surface area contributed by atoms with Crippen molar-refractivity contribution in [2.75, 3.05) is 0 Å². The number of nitrogens with zero attached hydrogens (tertiary/aromatic N) is 4. The van der Waals surface area contributed by atoms with Crippen molar-refractivity contribution in [2.24, 2.45) is 0 Å². The molecule has 1 N–H and O–H groups in total. The molecule has 1 aliphatic rings. The van der Waals surface area contributed by atoms with Crippen LogP contribution in [0.5, 0.6) is 0 Å². The average molecular weight is 582 g/mol. The van der Waals surface area contributed by atoms with E-state index in [0.717, 1.165) is 54.0 Å². The molecule has 1 fully saturated rings. The standard InChI is InChI=1S/C21H19F6N5O.C7H7F/c22-20(23,24)15-7-4-8-28-17(15)11-32-19(33)13(12-5-2-1-3-6-12)9-16(31-32)14-10-29-30-18(14)21(25,26)27;1-6-3-2-4-7(8)5-6/h4,7-10,12H,1-3,5-6,11H2,(H,29,30);2-5H,1H3. The molecule has 1 aromatic carbocycles. The fourth-order valence-electron chi connectivity index (χ4n) is 4.77. The van der Waals surface area contributed by atoms with Gasteiger partial charge in [-0.25, -0.2) is 9.07 Å². The number of rotatable bonds is 4. The van der Waals surface area contributed by atoms with Crippen molar-refractivity contribution < 1.29 is 30.7 Å². The van der Waals surface area contributed by atoms with E-state index in [4.69, 9.17) is 0 Å². The lowest BCUT2D eigenvalue weighted by molar-refractivity contribution is -0.141. The Morgan fingerprint density at radius 3 is 2.32 bits per heavy atom. The van der Waals surface area contributed by atoms with Crippen LogP contribution in [0.4, 0.5) is 30.7 Å². The van der Waals surface area contributed by atoms with Gasteiger partial charge in [0.05, 0.1) is 35.3 Å². The average Bonchev–Trinajstić information content (AvgIpc) is 3.41. The third kappa shape index (κ3) is 7.39. The number of H-pyrrole nitrogens is 1. The molecule has 13 heteroatoms. The highest BCUT2D eigenvalue weighted by Crippen LogP contribution is 2.37. The van der Waals surface area contributed by atoms with Crippen molar-refractivity contribution in [3.05, 3.63) is 99.1 Å². The maximum Gasteiger partial charge on any atom is 0.433 e. The van der Waals surface area contributed by atoms with Gasteiger partial charge in [-0.15, -0.1) is 0 Å². The SMILES string of the molecule is Cc1cccc(F)c1.O=c1c(C2CCCCC2)cc(-c2cn[nH]c2C(F)(F)F)nn1Cc1ncccc1C(F)(F)F. The summed E-state index contributed by atoms with van der Waals surface area (Å²) in [5.74, 6) is -0.378. The fraction of sp³-hybridized carbons (Fsp3) is 0.357. The molecule has 5 rings (SSSR count). The minimum absolute atomic E-state index is 0.162. The predicted octanol–water partition coefficient (Wildman–Crippen LogP) is 7.30. The molecule has 4 aromatic rings. The van der Waals surface area contributed by atoms with E-state index < -0.39 is 41.4 Å². The smallest absolute Gasteiger partial charge is 0.273 e. The lowest BCUT2D eigenvalue weighted by Crippen LogP contribution is -2.30. The van der Waals surface area contributed by atoms with Gasteiger partial charge in [0, 0.05) is 11.8 Å². The molecule has 0 spiro atoms. The van der Waals surface area contributed by atoms with Gasteiger partial charge < -0.3 is 0 Å². The summed E-state index contributed by atoms with van der Waals surface area (Å²) in [4.78, 5) is 16.9. The zero-order valence-electron chi connectivity index (χ0n) is 21.9. The number of aryl methyl sites for hydroxylation is 1. The molecule has 3 heterocycles. The van der Waals surface area contributed by atoms with Crippen LogP contribution in [-0.2, 0) is 18.9 Å². The molecule has 0 amide bonds. The number of hydrogen-bond acceptors (Lipinski definition) is 4. The second kappa shape index (κ2) is 12.2. The van der Waals surface area contributed by atoms with Crippen LogP contribution < -0.4 is 5.56 Å². The molecular formula is C28H26F7N5O. The van der Waals surface area contributed by atoms with Crippen LogP contribution in [0.1, 0.15) is 66.1 Å². The molecule has 0 atom stereocenters. The third-order valence-corrected chi connectivity index (χ3v) is 6.72. The Morgan fingerprint density at radius 2 is 1.71 bits per heavy atom. The van der Waals surface area contributed by atoms with Crippen LogP contribution in [0.2, 0.25) is 0 Å². The van der Waals surface area contributed by atoms with Crippen LogP contribution in [0.15, 0.2) is 59.7 Å². The van der Waals surface area contributed by atoms with Gasteiger partial charge in [0.15, 0.2) is 0 Å². The number of pyridine rings is 1. The Kier molecular flexibility index (Phi) is 8.93. The first-order valence-electron chi connectivity index (χ1n) is 12.8. The van der Waals surface area contributed by atoms with Crippen molar-refractivity contribution in [1.29, 1.82) is 0 Å². The lowest BCUT2D eigenvalue weighted by Gasteiger charge is -2.22. The van der Waals surface area contributed by atoms with Crippen molar-refractivity contribution in [3.8, 4) is 11.3 Å². The predicted molar refractivity (Wildman–Crippen MR) is 136 cm³/mol. The molecule has 1 saturated carbocycles. The van der Waals surface area contributed by atoms with Gasteiger partial charge in [-0.2, -0.15) is 36.5 Å². The topological polar surface area (TPSA) is 76.5 Å². The van der Waals surface area contributed by atoms with Crippen molar-refractivity contribution in [3.63, 3.8) is 0 Å². The summed E-state index contributed by atoms with van der Waals surface area (Å²) in [6.07, 6.45) is -3.40. The van der Waals surface area contributed by atoms with Crippen LogP contribution in [-0.4, -0.2) is 25.0 Å². The van der Waals surface area contributed by atoms with E-state index >= 15 is 0 Å². The summed E-state index contributed by atoms with van der Waals surface area (Å²) in [6.45, 7) is 1.23. The summed E-state index contributed by atoms with van der Waals surface area (Å²) >= 11 is 0. The molecule has 0 saturated heterocycles. The van der Waals surface area contributed by atoms with Crippen LogP contribution in [0.25, 0.3) is 11.3 Å². The Morgan fingerprint density at radius 1 is 0.976 bits per heavy atom. The van der Waals surface area contributed by atoms with E-state index in [1.54, 1.807) is 6.07 Å². The molecule has 6 nitrogen and oxygen atoms in total. The van der Waals surface area contributed by atoms with E-state index in [0.29, 0.717) is 12.8 Å². The minimum Gasteiger partial charge on any atom is -0.273 e. The van der Waals surface area contributed by atoms with E-state index in [1.165, 1.54) is 18.2 Å². The highest BCUT2D eigenvalue weighted by molar-refractivity contribution is 5.62. The molecule has 0 radical (unpaired) electrons. The molecule has 0 unspecified atom stereocenters. The van der Waals surface area contributed by atoms with Crippen LogP contribution in [0, 0.1) is 12.7 Å². The first kappa shape index (κ1) is 29.9. The molecule has 0 bridgehead atoms. The fourth-order valence-corrected chi connectivity index (χ4v) is 4.77. The zero-order chi connectivity index (χ0) is 29.8. The van der Waals surface area contributed by atoms with Gasteiger partial charge in [0.2, 0.25) is 0 Å². The number of hydrogen-bond donors (Lipinski definition) is 1. The van der Waals surface area contributed by atoms with Gasteiger partial charge in [0.1, 0.15) is 11.5 Å². The monoisotopic (exact) mass is 581 g/mol. The molecule has 0 aliphatic heterocycles. The van der Waals surface area contributed by atoms with E-state index in [9.17, 15) is 35.5 Å². The van der Waals surface area contributed by atoms with Crippen molar-refractivity contribution in [2.45, 2.75) is 63.8 Å². The van der Waals surface area contributed by atoms with Gasteiger partial charge >= 0.3 is 12.4 Å². The van der Waals surface area contributed by atoms with Gasteiger partial charge in [-0.1, -0.05) is 31.4 Å². The summed E-state index contributed by atoms with van der Waals surface area (Å²) < 4.78 is 93.5. The Bertz CT molecular complexity index is 1520. The number of nitrogens with one attached hydrogen (secondary N) is 1. The Balaban J connectivity index is 0.000000417. The maximum atomic E-state index is 13.4. The second-order valence-corrected chi connectivity index (χ2v) is 9.73. The van der Waals surface area contributed by atoms with Gasteiger partial charge in [-0.05, 0) is 61.6 Å². The first-order valence-corrected chi connectivity index (χ1v) is 12.8. The molecule has 1 aliphatic carbocycles. The zero-order valence-corrected chi connectivity index (χ0v) is 21.9. The number of aromatic amines is 1. The highest BCUT2D eigenvalue weighted by Gasteiger charge is 2.37. The Hall–Kier alpha value is -4.03. The first-order chi connectivity index (χ1) is 19.3. The quantitative estimate of drug-likeness (QED) is 0.257. The van der Waals surface area contributed by atoms with Crippen LogP contribution in [0.3, 0.4) is 0 Å². The molecule has 41 heavy (non-hydrogen) atoms. The minimum atomic E-state index is -4.76. The molecule has 218 valence electrons. The van der Waals surface area contributed by atoms with Gasteiger partial charge in [-0.3, -0.25) is 14.9 Å². The van der Waals surface area contributed by atoms with E-state index in [2.05, 4.69) is 15.2 Å². The summed E-state index contributed by atoms with van der Waals surface area (Å²) in [5.41, 5.74) is -2.66. The number of alkyl halides is 6. The van der Waals surface area contributed by atoms with Gasteiger partial charge in [0.25, 0.3) is 5.56 Å². The third-order valence-electron chi connectivity index (χ3n) is 6.72. The Labute approximate surface area is 230 Å². The summed E-state index contributed by atoms with van der Waals surface area (Å²) in [5, 5.41) is 9.35. The molecule has 3 aromatic heterocycles. The van der Waals surface area contributed by atoms with Crippen molar-refractivity contribution in [1.82, 2.24) is 25.0 Å². The number of halogens is 7. The number of aromatic nitrogens is 5. The maximum absolute atomic E-state index is 13.4. The summed E-state index contributed by atoms with van der Waals surface area (Å²) in [7, 11) is 0.